The van der Waals surface area contributed by atoms with Gasteiger partial charge in [0.25, 0.3) is 5.91 Å². The number of rotatable bonds is 8. The summed E-state index contributed by atoms with van der Waals surface area (Å²) in [6.45, 7) is 2.00. The molecule has 1 aromatic carbocycles. The summed E-state index contributed by atoms with van der Waals surface area (Å²) in [5.74, 6) is -2.17. The number of quaternary nitrogens is 1. The predicted octanol–water partition coefficient (Wildman–Crippen LogP) is 0.865. The molecule has 0 aliphatic carbocycles. The number of aliphatic carboxylic acids is 1. The Labute approximate surface area is 146 Å². The number of amides is 1. The van der Waals surface area contributed by atoms with E-state index in [1.807, 2.05) is 6.92 Å². The molecule has 0 saturated heterocycles. The number of nitrogens with one attached hydrogen (secondary N) is 1. The molecule has 0 fully saturated rings. The summed E-state index contributed by atoms with van der Waals surface area (Å²) in [7, 11) is 0. The lowest BCUT2D eigenvalue weighted by molar-refractivity contribution is -0.405. The zero-order valence-corrected chi connectivity index (χ0v) is 14.7. The van der Waals surface area contributed by atoms with E-state index < -0.39 is 24.0 Å². The molecule has 0 radical (unpaired) electrons. The number of carbonyl (C=O) groups excluding carboxylic acids is 1. The number of carbonyl (C=O) groups is 2. The summed E-state index contributed by atoms with van der Waals surface area (Å²) in [5, 5.41) is 30.3. The van der Waals surface area contributed by atoms with Crippen molar-refractivity contribution in [2.45, 2.75) is 44.7 Å². The number of phenols is 2. The first kappa shape index (κ1) is 22.0. The molecular weight excluding hydrogens is 336 g/mol. The van der Waals surface area contributed by atoms with Crippen LogP contribution in [0.15, 0.2) is 18.2 Å². The van der Waals surface area contributed by atoms with Gasteiger partial charge in [0.1, 0.15) is 6.04 Å². The van der Waals surface area contributed by atoms with Crippen molar-refractivity contribution in [1.82, 2.24) is 5.32 Å². The first-order chi connectivity index (χ1) is 11.3. The van der Waals surface area contributed by atoms with Crippen molar-refractivity contribution in [2.75, 3.05) is 6.38 Å². The predicted molar refractivity (Wildman–Crippen MR) is 91.0 cm³/mol. The normalized spacial score (nSPS) is 12.5. The molecule has 7 nitrogen and oxygen atoms in total. The van der Waals surface area contributed by atoms with Crippen LogP contribution in [-0.2, 0) is 16.0 Å². The Morgan fingerprint density at radius 2 is 1.88 bits per heavy atom. The first-order valence-corrected chi connectivity index (χ1v) is 8.35. The second-order valence-electron chi connectivity index (χ2n) is 5.27. The van der Waals surface area contributed by atoms with Gasteiger partial charge in [0, 0.05) is 19.2 Å². The Morgan fingerprint density at radius 3 is 2.38 bits per heavy atom. The van der Waals surface area contributed by atoms with Crippen molar-refractivity contribution in [3.63, 3.8) is 0 Å². The fourth-order valence-electron chi connectivity index (χ4n) is 2.00. The quantitative estimate of drug-likeness (QED) is 0.346. The zero-order chi connectivity index (χ0) is 18.7. The Morgan fingerprint density at radius 1 is 1.25 bits per heavy atom. The molecule has 0 aliphatic rings. The number of hydrogen-bond donors (Lipinski definition) is 5. The Kier molecular flexibility index (Phi) is 10.6. The van der Waals surface area contributed by atoms with Crippen molar-refractivity contribution in [3.05, 3.63) is 23.8 Å². The lowest BCUT2D eigenvalue weighted by Gasteiger charge is -2.16. The number of benzene rings is 1. The number of unbranched alkanes of at least 4 members (excludes halogenated alkanes) is 1. The molecule has 8 heteroatoms. The van der Waals surface area contributed by atoms with Gasteiger partial charge in [0.2, 0.25) is 0 Å². The standard InChI is InChI=1S/C15H22N2O5.CH3Cl/c1-2-3-4-10(16)14(20)17-11(15(21)22)7-9-5-6-12(18)13(19)8-9;1-2/h5-6,8,10-11,18-19H,2-4,7,16H2,1H3,(H,17,20)(H,21,22);1H3/p+1/t10-,11?;/m0./s1. The molecule has 1 amide bonds. The van der Waals surface area contributed by atoms with Gasteiger partial charge in [0.05, 0.1) is 0 Å². The molecule has 2 atom stereocenters. The van der Waals surface area contributed by atoms with Crippen LogP contribution >= 0.6 is 11.6 Å². The minimum atomic E-state index is -1.16. The van der Waals surface area contributed by atoms with E-state index in [1.165, 1.54) is 24.6 Å². The second-order valence-corrected chi connectivity index (χ2v) is 5.27. The maximum absolute atomic E-state index is 11.9. The van der Waals surface area contributed by atoms with Crippen molar-refractivity contribution >= 4 is 23.5 Å². The minimum absolute atomic E-state index is 0.00934. The van der Waals surface area contributed by atoms with Crippen LogP contribution in [0.4, 0.5) is 0 Å². The van der Waals surface area contributed by atoms with Crippen LogP contribution in [0.3, 0.4) is 0 Å². The number of phenolic OH excluding ortho intramolecular Hbond substituents is 2. The highest BCUT2D eigenvalue weighted by molar-refractivity contribution is 6.15. The van der Waals surface area contributed by atoms with Crippen LogP contribution < -0.4 is 11.1 Å². The average Bonchev–Trinajstić information content (AvgIpc) is 2.56. The Hall–Kier alpha value is -1.99. The smallest absolute Gasteiger partial charge is 0.326 e. The third-order valence-corrected chi connectivity index (χ3v) is 3.37. The minimum Gasteiger partial charge on any atom is -0.504 e. The number of carboxylic acid groups (broad SMARTS) is 1. The van der Waals surface area contributed by atoms with Crippen molar-refractivity contribution < 1.29 is 30.6 Å². The molecule has 0 saturated carbocycles. The fraction of sp³-hybridized carbons (Fsp3) is 0.500. The Balaban J connectivity index is 0.00000254. The van der Waals surface area contributed by atoms with Crippen molar-refractivity contribution in [3.8, 4) is 11.5 Å². The number of hydrogen-bond acceptors (Lipinski definition) is 4. The van der Waals surface area contributed by atoms with Gasteiger partial charge in [0.15, 0.2) is 17.5 Å². The third kappa shape index (κ3) is 7.52. The number of alkyl halides is 1. The highest BCUT2D eigenvalue weighted by Gasteiger charge is 2.25. The second kappa shape index (κ2) is 11.5. The van der Waals surface area contributed by atoms with Gasteiger partial charge in [-0.1, -0.05) is 19.4 Å². The molecular formula is C16H26ClN2O5+. The van der Waals surface area contributed by atoms with E-state index in [9.17, 15) is 24.9 Å². The number of aromatic hydroxyl groups is 2. The summed E-state index contributed by atoms with van der Waals surface area (Å²) >= 11 is 4.64. The molecule has 0 aliphatic heterocycles. The molecule has 1 rings (SSSR count). The van der Waals surface area contributed by atoms with E-state index in [4.69, 9.17) is 0 Å². The van der Waals surface area contributed by atoms with Gasteiger partial charge in [-0.2, -0.15) is 0 Å². The van der Waals surface area contributed by atoms with Crippen LogP contribution in [0.25, 0.3) is 0 Å². The van der Waals surface area contributed by atoms with Gasteiger partial charge >= 0.3 is 5.97 Å². The molecule has 7 N–H and O–H groups in total. The van der Waals surface area contributed by atoms with E-state index in [0.29, 0.717) is 12.0 Å². The maximum Gasteiger partial charge on any atom is 0.326 e. The fourth-order valence-corrected chi connectivity index (χ4v) is 2.00. The zero-order valence-electron chi connectivity index (χ0n) is 14.0. The molecule has 0 heterocycles. The number of halogens is 1. The molecule has 136 valence electrons. The van der Waals surface area contributed by atoms with Crippen molar-refractivity contribution in [1.29, 1.82) is 0 Å². The highest BCUT2D eigenvalue weighted by Crippen LogP contribution is 2.25. The first-order valence-electron chi connectivity index (χ1n) is 7.60. The van der Waals surface area contributed by atoms with Gasteiger partial charge in [-0.05, 0) is 24.1 Å². The molecule has 24 heavy (non-hydrogen) atoms. The molecule has 0 bridgehead atoms. The van der Waals surface area contributed by atoms with Crippen LogP contribution in [0.5, 0.6) is 11.5 Å². The van der Waals surface area contributed by atoms with Gasteiger partial charge in [-0.15, -0.1) is 11.6 Å². The Bertz CT molecular complexity index is 539. The molecule has 1 unspecified atom stereocenters. The summed E-state index contributed by atoms with van der Waals surface area (Å²) < 4.78 is 0. The third-order valence-electron chi connectivity index (χ3n) is 3.37. The largest absolute Gasteiger partial charge is 0.504 e. The van der Waals surface area contributed by atoms with E-state index in [2.05, 4.69) is 22.7 Å². The van der Waals surface area contributed by atoms with E-state index in [-0.39, 0.29) is 17.9 Å². The molecule has 0 spiro atoms. The van der Waals surface area contributed by atoms with E-state index in [0.717, 1.165) is 12.8 Å². The van der Waals surface area contributed by atoms with Crippen LogP contribution in [-0.4, -0.2) is 45.7 Å². The van der Waals surface area contributed by atoms with Gasteiger partial charge in [-0.25, -0.2) is 4.79 Å². The topological polar surface area (TPSA) is 134 Å². The lowest BCUT2D eigenvalue weighted by Crippen LogP contribution is -2.68. The van der Waals surface area contributed by atoms with E-state index >= 15 is 0 Å². The summed E-state index contributed by atoms with van der Waals surface area (Å²) in [5.41, 5.74) is 4.24. The summed E-state index contributed by atoms with van der Waals surface area (Å²) in [4.78, 5) is 23.2. The van der Waals surface area contributed by atoms with Crippen LogP contribution in [0.2, 0.25) is 0 Å². The SMILES string of the molecule is CCCC[C@H]([NH3+])C(=O)NC(Cc1ccc(O)c(O)c1)C(=O)O.CCl. The summed E-state index contributed by atoms with van der Waals surface area (Å²) in [6, 6.07) is 2.44. The monoisotopic (exact) mass is 361 g/mol. The average molecular weight is 362 g/mol. The van der Waals surface area contributed by atoms with Crippen molar-refractivity contribution in [2.24, 2.45) is 0 Å². The highest BCUT2D eigenvalue weighted by atomic mass is 35.5. The summed E-state index contributed by atoms with van der Waals surface area (Å²) in [6.07, 6.45) is 3.88. The molecule has 1 aromatic rings. The number of carboxylic acids is 1. The van der Waals surface area contributed by atoms with Crippen LogP contribution in [0.1, 0.15) is 31.7 Å². The van der Waals surface area contributed by atoms with E-state index in [1.54, 1.807) is 0 Å². The molecule has 0 aromatic heterocycles. The van der Waals surface area contributed by atoms with Crippen LogP contribution in [0, 0.1) is 0 Å². The van der Waals surface area contributed by atoms with Gasteiger partial charge in [-0.3, -0.25) is 4.79 Å². The van der Waals surface area contributed by atoms with Gasteiger partial charge < -0.3 is 26.4 Å². The maximum atomic E-state index is 11.9. The lowest BCUT2D eigenvalue weighted by atomic mass is 10.0.